The molecule has 110 valence electrons. The molecule has 20 heavy (non-hydrogen) atoms. The largest absolute Gasteiger partial charge is 0.493 e. The lowest BCUT2D eigenvalue weighted by atomic mass is 9.83. The molecule has 0 aromatic heterocycles. The number of benzene rings is 1. The van der Waals surface area contributed by atoms with Crippen molar-refractivity contribution < 1.29 is 14.4 Å². The summed E-state index contributed by atoms with van der Waals surface area (Å²) in [7, 11) is 0. The molecule has 2 rings (SSSR count). The number of alkyl halides is 1. The zero-order valence-corrected chi connectivity index (χ0v) is 14.0. The van der Waals surface area contributed by atoms with E-state index >= 15 is 0 Å². The van der Waals surface area contributed by atoms with Crippen molar-refractivity contribution >= 4 is 37.5 Å². The number of nitrogens with zero attached hydrogens (tertiary/aromatic N) is 1. The highest BCUT2D eigenvalue weighted by atomic mass is 79.9. The molecule has 0 atom stereocenters. The number of ether oxygens (including phenoxy) is 2. The average Bonchev–Trinajstić information content (AvgIpc) is 2.45. The molecule has 1 saturated heterocycles. The Morgan fingerprint density at radius 3 is 2.65 bits per heavy atom. The van der Waals surface area contributed by atoms with Gasteiger partial charge in [0.15, 0.2) is 0 Å². The number of nitro groups is 1. The fourth-order valence-electron chi connectivity index (χ4n) is 2.09. The second-order valence-corrected chi connectivity index (χ2v) is 6.41. The van der Waals surface area contributed by atoms with Gasteiger partial charge in [-0.25, -0.2) is 0 Å². The third-order valence-corrected chi connectivity index (χ3v) is 5.10. The first kappa shape index (κ1) is 15.7. The molecule has 1 aromatic rings. The summed E-state index contributed by atoms with van der Waals surface area (Å²) in [6, 6.07) is 4.65. The standard InChI is InChI=1S/C13H15Br2NO4/c14-8-13(1-3-19-4-2-13)9-20-12-6-10(15)5-11(7-12)16(17)18/h5-7H,1-4,8-9H2. The van der Waals surface area contributed by atoms with Crippen molar-refractivity contribution in [2.75, 3.05) is 25.2 Å². The quantitative estimate of drug-likeness (QED) is 0.420. The van der Waals surface area contributed by atoms with Gasteiger partial charge in [0.2, 0.25) is 0 Å². The minimum Gasteiger partial charge on any atom is -0.493 e. The number of nitro benzene ring substituents is 1. The van der Waals surface area contributed by atoms with Gasteiger partial charge in [0.05, 0.1) is 17.6 Å². The van der Waals surface area contributed by atoms with Gasteiger partial charge in [-0.1, -0.05) is 31.9 Å². The molecule has 0 amide bonds. The maximum atomic E-state index is 10.8. The van der Waals surface area contributed by atoms with E-state index in [1.165, 1.54) is 12.1 Å². The summed E-state index contributed by atoms with van der Waals surface area (Å²) >= 11 is 6.80. The van der Waals surface area contributed by atoms with Crippen LogP contribution in [-0.2, 0) is 4.74 Å². The van der Waals surface area contributed by atoms with Crippen molar-refractivity contribution in [3.05, 3.63) is 32.8 Å². The first-order valence-electron chi connectivity index (χ1n) is 6.26. The highest BCUT2D eigenvalue weighted by molar-refractivity contribution is 9.10. The summed E-state index contributed by atoms with van der Waals surface area (Å²) in [6.45, 7) is 1.98. The van der Waals surface area contributed by atoms with Crippen LogP contribution in [0.25, 0.3) is 0 Å². The van der Waals surface area contributed by atoms with Crippen molar-refractivity contribution in [2.24, 2.45) is 5.41 Å². The van der Waals surface area contributed by atoms with Crippen LogP contribution in [0.2, 0.25) is 0 Å². The Morgan fingerprint density at radius 2 is 2.05 bits per heavy atom. The number of halogens is 2. The number of hydrogen-bond acceptors (Lipinski definition) is 4. The molecule has 1 aliphatic rings. The van der Waals surface area contributed by atoms with Gasteiger partial charge in [-0.2, -0.15) is 0 Å². The van der Waals surface area contributed by atoms with Crippen LogP contribution >= 0.6 is 31.9 Å². The Balaban J connectivity index is 2.07. The summed E-state index contributed by atoms with van der Waals surface area (Å²) in [6.07, 6.45) is 1.85. The Kier molecular flexibility index (Phi) is 5.40. The fraction of sp³-hybridized carbons (Fsp3) is 0.538. The molecule has 0 radical (unpaired) electrons. The van der Waals surface area contributed by atoms with Crippen LogP contribution in [0.15, 0.2) is 22.7 Å². The molecule has 1 heterocycles. The number of rotatable bonds is 5. The Labute approximate surface area is 134 Å². The van der Waals surface area contributed by atoms with Crippen LogP contribution in [0.1, 0.15) is 12.8 Å². The topological polar surface area (TPSA) is 61.6 Å². The van der Waals surface area contributed by atoms with Crippen LogP contribution in [-0.4, -0.2) is 30.1 Å². The van der Waals surface area contributed by atoms with Gasteiger partial charge in [0.25, 0.3) is 5.69 Å². The summed E-state index contributed by atoms with van der Waals surface area (Å²) in [5, 5.41) is 11.7. The summed E-state index contributed by atoms with van der Waals surface area (Å²) in [5.41, 5.74) is 0.0595. The molecule has 5 nitrogen and oxygen atoms in total. The van der Waals surface area contributed by atoms with E-state index in [4.69, 9.17) is 9.47 Å². The third kappa shape index (κ3) is 3.93. The highest BCUT2D eigenvalue weighted by Gasteiger charge is 2.32. The number of non-ortho nitro benzene ring substituents is 1. The Bertz CT molecular complexity index is 489. The van der Waals surface area contributed by atoms with Crippen LogP contribution in [0.3, 0.4) is 0 Å². The molecule has 0 spiro atoms. The third-order valence-electron chi connectivity index (χ3n) is 3.45. The molecule has 0 N–H and O–H groups in total. The molecule has 1 fully saturated rings. The van der Waals surface area contributed by atoms with Crippen molar-refractivity contribution in [1.82, 2.24) is 0 Å². The molecule has 0 bridgehead atoms. The SMILES string of the molecule is O=[N+]([O-])c1cc(Br)cc(OCC2(CBr)CCOCC2)c1. The van der Waals surface area contributed by atoms with E-state index in [9.17, 15) is 10.1 Å². The molecule has 0 aliphatic carbocycles. The van der Waals surface area contributed by atoms with E-state index in [-0.39, 0.29) is 11.1 Å². The molecule has 0 unspecified atom stereocenters. The summed E-state index contributed by atoms with van der Waals surface area (Å²) in [4.78, 5) is 10.4. The minimum absolute atomic E-state index is 0.0224. The van der Waals surface area contributed by atoms with Crippen molar-refractivity contribution in [1.29, 1.82) is 0 Å². The van der Waals surface area contributed by atoms with Crippen LogP contribution in [0.4, 0.5) is 5.69 Å². The van der Waals surface area contributed by atoms with Gasteiger partial charge in [0.1, 0.15) is 5.75 Å². The summed E-state index contributed by atoms with van der Waals surface area (Å²) < 4.78 is 11.8. The van der Waals surface area contributed by atoms with E-state index in [0.717, 1.165) is 31.4 Å². The van der Waals surface area contributed by atoms with Gasteiger partial charge in [0, 0.05) is 34.5 Å². The van der Waals surface area contributed by atoms with Crippen LogP contribution in [0, 0.1) is 15.5 Å². The van der Waals surface area contributed by atoms with Gasteiger partial charge >= 0.3 is 0 Å². The van der Waals surface area contributed by atoms with Gasteiger partial charge < -0.3 is 9.47 Å². The molecular weight excluding hydrogens is 394 g/mol. The van der Waals surface area contributed by atoms with Gasteiger partial charge in [-0.05, 0) is 18.9 Å². The molecule has 7 heteroatoms. The molecular formula is C13H15Br2NO4. The second kappa shape index (κ2) is 6.87. The molecule has 1 aliphatic heterocycles. The maximum absolute atomic E-state index is 10.8. The zero-order valence-electron chi connectivity index (χ0n) is 10.8. The van der Waals surface area contributed by atoms with Crippen molar-refractivity contribution in [2.45, 2.75) is 12.8 Å². The van der Waals surface area contributed by atoms with Crippen molar-refractivity contribution in [3.8, 4) is 5.75 Å². The molecule has 1 aromatic carbocycles. The first-order valence-corrected chi connectivity index (χ1v) is 8.18. The highest BCUT2D eigenvalue weighted by Crippen LogP contribution is 2.34. The lowest BCUT2D eigenvalue weighted by Crippen LogP contribution is -2.36. The van der Waals surface area contributed by atoms with E-state index in [2.05, 4.69) is 31.9 Å². The van der Waals surface area contributed by atoms with Gasteiger partial charge in [-0.3, -0.25) is 10.1 Å². The predicted molar refractivity (Wildman–Crippen MR) is 82.6 cm³/mol. The Morgan fingerprint density at radius 1 is 1.35 bits per heavy atom. The number of hydrogen-bond donors (Lipinski definition) is 0. The minimum atomic E-state index is -0.424. The smallest absolute Gasteiger partial charge is 0.274 e. The maximum Gasteiger partial charge on any atom is 0.274 e. The van der Waals surface area contributed by atoms with E-state index in [0.29, 0.717) is 16.8 Å². The second-order valence-electron chi connectivity index (χ2n) is 4.94. The lowest BCUT2D eigenvalue weighted by molar-refractivity contribution is -0.385. The molecule has 0 saturated carbocycles. The summed E-state index contributed by atoms with van der Waals surface area (Å²) in [5.74, 6) is 0.512. The van der Waals surface area contributed by atoms with E-state index in [1.807, 2.05) is 0 Å². The van der Waals surface area contributed by atoms with Crippen LogP contribution in [0.5, 0.6) is 5.75 Å². The predicted octanol–water partition coefficient (Wildman–Crippen LogP) is 3.93. The monoisotopic (exact) mass is 407 g/mol. The first-order chi connectivity index (χ1) is 9.54. The van der Waals surface area contributed by atoms with Crippen molar-refractivity contribution in [3.63, 3.8) is 0 Å². The zero-order chi connectivity index (χ0) is 14.6. The Hall–Kier alpha value is -0.660. The normalized spacial score (nSPS) is 17.7. The van der Waals surface area contributed by atoms with E-state index < -0.39 is 4.92 Å². The van der Waals surface area contributed by atoms with E-state index in [1.54, 1.807) is 6.07 Å². The van der Waals surface area contributed by atoms with Crippen LogP contribution < -0.4 is 4.74 Å². The average molecular weight is 409 g/mol. The van der Waals surface area contributed by atoms with Gasteiger partial charge in [-0.15, -0.1) is 0 Å². The fourth-order valence-corrected chi connectivity index (χ4v) is 3.28. The lowest BCUT2D eigenvalue weighted by Gasteiger charge is -2.35.